The van der Waals surface area contributed by atoms with E-state index >= 15 is 0 Å². The normalized spacial score (nSPS) is 10.2. The fourth-order valence-electron chi connectivity index (χ4n) is 0.967. The smallest absolute Gasteiger partial charge is 0.258 e. The third-order valence-electron chi connectivity index (χ3n) is 1.55. The number of hydrogen-bond donors (Lipinski definition) is 0. The van der Waals surface area contributed by atoms with Crippen LogP contribution in [-0.4, -0.2) is 19.9 Å². The Kier molecular flexibility index (Phi) is 1.59. The summed E-state index contributed by atoms with van der Waals surface area (Å²) in [5.41, 5.74) is 0.405. The van der Waals surface area contributed by atoms with Gasteiger partial charge in [-0.3, -0.25) is 10.1 Å². The maximum atomic E-state index is 10.4. The molecular formula is C7H4N4O2. The van der Waals surface area contributed by atoms with Crippen LogP contribution in [0.1, 0.15) is 0 Å². The van der Waals surface area contributed by atoms with Crippen molar-refractivity contribution in [1.29, 1.82) is 0 Å². The zero-order valence-electron chi connectivity index (χ0n) is 6.41. The molecule has 0 atom stereocenters. The summed E-state index contributed by atoms with van der Waals surface area (Å²) < 4.78 is 0. The number of aromatic nitrogens is 3. The molecule has 2 heterocycles. The van der Waals surface area contributed by atoms with Gasteiger partial charge in [0.15, 0.2) is 5.65 Å². The van der Waals surface area contributed by atoms with Crippen molar-refractivity contribution >= 4 is 16.7 Å². The molecule has 6 nitrogen and oxygen atoms in total. The Hall–Kier alpha value is -2.11. The van der Waals surface area contributed by atoms with Gasteiger partial charge in [0, 0.05) is 17.6 Å². The topological polar surface area (TPSA) is 81.8 Å². The average Bonchev–Trinajstić information content (AvgIpc) is 2.17. The SMILES string of the molecule is O=[N+]([O-])c1cnc2ncncc2c1. The summed E-state index contributed by atoms with van der Waals surface area (Å²) >= 11 is 0. The van der Waals surface area contributed by atoms with Crippen LogP contribution in [0.25, 0.3) is 11.0 Å². The fourth-order valence-corrected chi connectivity index (χ4v) is 0.967. The van der Waals surface area contributed by atoms with Crippen LogP contribution in [0.15, 0.2) is 24.8 Å². The van der Waals surface area contributed by atoms with Gasteiger partial charge in [0.2, 0.25) is 0 Å². The summed E-state index contributed by atoms with van der Waals surface area (Å²) in [5.74, 6) is 0. The molecular weight excluding hydrogens is 172 g/mol. The van der Waals surface area contributed by atoms with Gasteiger partial charge >= 0.3 is 0 Å². The van der Waals surface area contributed by atoms with Crippen LogP contribution >= 0.6 is 0 Å². The van der Waals surface area contributed by atoms with Crippen molar-refractivity contribution in [2.45, 2.75) is 0 Å². The molecule has 0 aliphatic heterocycles. The summed E-state index contributed by atoms with van der Waals surface area (Å²) in [6, 6.07) is 1.39. The summed E-state index contributed by atoms with van der Waals surface area (Å²) in [6.45, 7) is 0. The van der Waals surface area contributed by atoms with Crippen molar-refractivity contribution in [3.8, 4) is 0 Å². The molecule has 0 saturated heterocycles. The van der Waals surface area contributed by atoms with E-state index in [1.807, 2.05) is 0 Å². The molecule has 0 spiro atoms. The lowest BCUT2D eigenvalue weighted by atomic mass is 10.3. The third kappa shape index (κ3) is 1.28. The molecule has 0 radical (unpaired) electrons. The van der Waals surface area contributed by atoms with Gasteiger partial charge in [0.1, 0.15) is 12.5 Å². The van der Waals surface area contributed by atoms with Crippen molar-refractivity contribution in [2.75, 3.05) is 0 Å². The standard InChI is InChI=1S/C7H4N4O2/c12-11(13)6-1-5-2-8-4-10-7(5)9-3-6/h1-4H. The van der Waals surface area contributed by atoms with Gasteiger partial charge in [-0.15, -0.1) is 0 Å². The monoisotopic (exact) mass is 176 g/mol. The second-order valence-corrected chi connectivity index (χ2v) is 2.39. The highest BCUT2D eigenvalue weighted by atomic mass is 16.6. The Labute approximate surface area is 72.4 Å². The van der Waals surface area contributed by atoms with Gasteiger partial charge in [-0.2, -0.15) is 0 Å². The van der Waals surface area contributed by atoms with E-state index < -0.39 is 4.92 Å². The van der Waals surface area contributed by atoms with Crippen LogP contribution in [0.2, 0.25) is 0 Å². The van der Waals surface area contributed by atoms with E-state index in [0.29, 0.717) is 11.0 Å². The van der Waals surface area contributed by atoms with E-state index in [1.165, 1.54) is 24.8 Å². The molecule has 2 rings (SSSR count). The van der Waals surface area contributed by atoms with E-state index in [1.54, 1.807) is 0 Å². The Morgan fingerprint density at radius 3 is 2.92 bits per heavy atom. The lowest BCUT2D eigenvalue weighted by Crippen LogP contribution is -1.91. The molecule has 0 aliphatic carbocycles. The van der Waals surface area contributed by atoms with Crippen molar-refractivity contribution in [3.63, 3.8) is 0 Å². The number of fused-ring (bicyclic) bond motifs is 1. The molecule has 13 heavy (non-hydrogen) atoms. The van der Waals surface area contributed by atoms with Crippen LogP contribution in [0.5, 0.6) is 0 Å². The highest BCUT2D eigenvalue weighted by Crippen LogP contribution is 2.14. The Bertz CT molecular complexity index is 471. The first-order chi connectivity index (χ1) is 6.27. The van der Waals surface area contributed by atoms with E-state index in [-0.39, 0.29) is 5.69 Å². The predicted octanol–water partition coefficient (Wildman–Crippen LogP) is 0.933. The van der Waals surface area contributed by atoms with Gasteiger partial charge < -0.3 is 0 Å². The molecule has 0 N–H and O–H groups in total. The second-order valence-electron chi connectivity index (χ2n) is 2.39. The van der Waals surface area contributed by atoms with E-state index in [4.69, 9.17) is 0 Å². The first-order valence-corrected chi connectivity index (χ1v) is 3.47. The lowest BCUT2D eigenvalue weighted by molar-refractivity contribution is -0.385. The third-order valence-corrected chi connectivity index (χ3v) is 1.55. The number of pyridine rings is 1. The first kappa shape index (κ1) is 7.53. The van der Waals surface area contributed by atoms with Gasteiger partial charge in [-0.1, -0.05) is 0 Å². The summed E-state index contributed by atoms with van der Waals surface area (Å²) in [6.07, 6.45) is 4.01. The van der Waals surface area contributed by atoms with Crippen molar-refractivity contribution in [3.05, 3.63) is 34.9 Å². The summed E-state index contributed by atoms with van der Waals surface area (Å²) in [7, 11) is 0. The van der Waals surface area contributed by atoms with Gasteiger partial charge in [-0.25, -0.2) is 15.0 Å². The zero-order valence-corrected chi connectivity index (χ0v) is 6.41. The lowest BCUT2D eigenvalue weighted by Gasteiger charge is -1.93. The van der Waals surface area contributed by atoms with Crippen LogP contribution in [0.3, 0.4) is 0 Å². The van der Waals surface area contributed by atoms with Crippen LogP contribution in [0.4, 0.5) is 5.69 Å². The van der Waals surface area contributed by atoms with Gasteiger partial charge in [-0.05, 0) is 0 Å². The van der Waals surface area contributed by atoms with Crippen molar-refractivity contribution in [2.24, 2.45) is 0 Å². The van der Waals surface area contributed by atoms with Crippen molar-refractivity contribution < 1.29 is 4.92 Å². The van der Waals surface area contributed by atoms with Crippen LogP contribution < -0.4 is 0 Å². The maximum absolute atomic E-state index is 10.4. The highest BCUT2D eigenvalue weighted by Gasteiger charge is 2.06. The molecule has 0 bridgehead atoms. The minimum atomic E-state index is -0.501. The molecule has 0 saturated carbocycles. The molecule has 0 aliphatic rings. The second kappa shape index (κ2) is 2.74. The summed E-state index contributed by atoms with van der Waals surface area (Å²) in [5, 5.41) is 10.9. The largest absolute Gasteiger partial charge is 0.288 e. The van der Waals surface area contributed by atoms with Crippen LogP contribution in [0, 0.1) is 10.1 Å². The first-order valence-electron chi connectivity index (χ1n) is 3.47. The molecule has 2 aromatic rings. The molecule has 6 heteroatoms. The molecule has 64 valence electrons. The van der Waals surface area contributed by atoms with Gasteiger partial charge in [0.25, 0.3) is 5.69 Å². The summed E-state index contributed by atoms with van der Waals surface area (Å²) in [4.78, 5) is 21.3. The zero-order chi connectivity index (χ0) is 9.26. The number of nitro groups is 1. The number of hydrogen-bond acceptors (Lipinski definition) is 5. The predicted molar refractivity (Wildman–Crippen MR) is 44.0 cm³/mol. The molecule has 2 aromatic heterocycles. The van der Waals surface area contributed by atoms with E-state index in [2.05, 4.69) is 15.0 Å². The average molecular weight is 176 g/mol. The quantitative estimate of drug-likeness (QED) is 0.476. The van der Waals surface area contributed by atoms with E-state index in [0.717, 1.165) is 0 Å². The van der Waals surface area contributed by atoms with E-state index in [9.17, 15) is 10.1 Å². The minimum Gasteiger partial charge on any atom is -0.258 e. The number of rotatable bonds is 1. The fraction of sp³-hybridized carbons (Fsp3) is 0. The molecule has 0 amide bonds. The molecule has 0 unspecified atom stereocenters. The molecule has 0 fully saturated rings. The maximum Gasteiger partial charge on any atom is 0.288 e. The minimum absolute atomic E-state index is 0.0534. The Morgan fingerprint density at radius 1 is 1.31 bits per heavy atom. The van der Waals surface area contributed by atoms with Crippen LogP contribution in [-0.2, 0) is 0 Å². The van der Waals surface area contributed by atoms with Crippen molar-refractivity contribution in [1.82, 2.24) is 15.0 Å². The Morgan fingerprint density at radius 2 is 2.15 bits per heavy atom. The molecule has 0 aromatic carbocycles. The number of nitrogens with zero attached hydrogens (tertiary/aromatic N) is 4. The highest BCUT2D eigenvalue weighted by molar-refractivity contribution is 5.75. The van der Waals surface area contributed by atoms with Gasteiger partial charge in [0.05, 0.1) is 4.92 Å². The Balaban J connectivity index is 2.69.